The van der Waals surface area contributed by atoms with Crippen LogP contribution in [0, 0.1) is 11.8 Å². The lowest BCUT2D eigenvalue weighted by Gasteiger charge is -2.40. The fourth-order valence-electron chi connectivity index (χ4n) is 6.21. The molecule has 49 heavy (non-hydrogen) atoms. The monoisotopic (exact) mass is 702 g/mol. The van der Waals surface area contributed by atoms with Gasteiger partial charge < -0.3 is 36.7 Å². The molecule has 4 amide bonds. The van der Waals surface area contributed by atoms with Gasteiger partial charge in [0.2, 0.25) is 11.8 Å². The van der Waals surface area contributed by atoms with E-state index in [1.54, 1.807) is 37.4 Å². The topological polar surface area (TPSA) is 150 Å². The third-order valence-corrected chi connectivity index (χ3v) is 9.87. The molecule has 266 valence electrons. The van der Waals surface area contributed by atoms with Crippen LogP contribution in [-0.4, -0.2) is 52.6 Å². The van der Waals surface area contributed by atoms with Crippen LogP contribution in [-0.2, 0) is 35.2 Å². The third kappa shape index (κ3) is 8.46. The van der Waals surface area contributed by atoms with Crippen molar-refractivity contribution in [1.29, 1.82) is 0 Å². The maximum atomic E-state index is 14.3. The summed E-state index contributed by atoms with van der Waals surface area (Å²) in [5.41, 5.74) is 5.44. The van der Waals surface area contributed by atoms with Gasteiger partial charge in [0.25, 0.3) is 0 Å². The maximum Gasteiger partial charge on any atom is 0.418 e. The maximum absolute atomic E-state index is 14.3. The Morgan fingerprint density at radius 2 is 1.67 bits per heavy atom. The lowest BCUT2D eigenvalue weighted by atomic mass is 9.78. The van der Waals surface area contributed by atoms with E-state index in [1.807, 2.05) is 27.7 Å². The number of carbonyl (C=O) groups is 3. The average Bonchev–Trinajstić information content (AvgIpc) is 3.45. The van der Waals surface area contributed by atoms with Gasteiger partial charge in [-0.15, -0.1) is 0 Å². The molecule has 4 rings (SSSR count). The number of aromatic amines is 1. The van der Waals surface area contributed by atoms with Crippen molar-refractivity contribution in [3.63, 3.8) is 0 Å². The zero-order valence-corrected chi connectivity index (χ0v) is 29.2. The smallest absolute Gasteiger partial charge is 0.418 e. The molecule has 2 unspecified atom stereocenters. The number of methoxy groups -OCH3 is 1. The van der Waals surface area contributed by atoms with Crippen LogP contribution in [0.2, 0.25) is 0 Å². The van der Waals surface area contributed by atoms with Crippen molar-refractivity contribution in [2.45, 2.75) is 90.1 Å². The number of carbonyl (C=O) groups excluding carboxylic acids is 3. The van der Waals surface area contributed by atoms with Gasteiger partial charge in [-0.25, -0.2) is 4.79 Å². The van der Waals surface area contributed by atoms with Gasteiger partial charge in [0.1, 0.15) is 17.3 Å². The number of hydrogen-bond donors (Lipinski definition) is 6. The average molecular weight is 703 g/mol. The number of ether oxygens (including phenoxy) is 1. The Labute approximate surface area is 289 Å². The second kappa shape index (κ2) is 15.5. The Bertz CT molecular complexity index is 1680. The van der Waals surface area contributed by atoms with Crippen molar-refractivity contribution in [3.8, 4) is 5.75 Å². The van der Waals surface area contributed by atoms with Gasteiger partial charge in [-0.3, -0.25) is 9.59 Å². The highest BCUT2D eigenvalue weighted by Crippen LogP contribution is 2.40. The molecule has 3 aromatic rings. The zero-order valence-electron chi connectivity index (χ0n) is 28.3. The quantitative estimate of drug-likeness (QED) is 0.134. The lowest BCUT2D eigenvalue weighted by molar-refractivity contribution is -0.136. The lowest BCUT2D eigenvalue weighted by Crippen LogP contribution is -2.67. The largest absolute Gasteiger partial charge is 0.497 e. The summed E-state index contributed by atoms with van der Waals surface area (Å²) in [5.74, 6) is -0.944. The summed E-state index contributed by atoms with van der Waals surface area (Å²) < 4.78 is 47.0. The van der Waals surface area contributed by atoms with Crippen LogP contribution in [0.15, 0.2) is 42.5 Å². The number of aryl methyl sites for hydroxylation is 1. The molecule has 0 saturated carbocycles. The minimum Gasteiger partial charge on any atom is -0.497 e. The standard InChI is InChI=1S/C35H45F3N6O4S/c1-6-19(3)27(30(39)49)42-32(46)34(16-15-26-24(17-34)23-9-8-10-25(29(23)41-26)35(36,37)38)44-31(45)28(20(4)7-2)43-33(47)40-18-21-11-13-22(48-5)14-12-21/h8-14,19-20,27-28,41H,6-7,15-18H2,1-5H3,(H2,39,49)(H,42,46)(H,44,45)(H2,40,43,47)/t19-,20?,27?,28-,34+/m0/s1. The Morgan fingerprint density at radius 3 is 2.27 bits per heavy atom. The number of alkyl halides is 3. The Hall–Kier alpha value is -4.33. The molecule has 0 aliphatic heterocycles. The van der Waals surface area contributed by atoms with E-state index in [1.165, 1.54) is 6.07 Å². The highest BCUT2D eigenvalue weighted by Gasteiger charge is 2.47. The zero-order chi connectivity index (χ0) is 36.1. The molecule has 10 nitrogen and oxygen atoms in total. The SMILES string of the molecule is CCC(C)[C@H](NC(=O)NCc1ccc(OC)cc1)C(=O)N[C@]1(C(=O)NC(C(N)=S)[C@@H](C)CC)CCc2[nH]c3c(C(F)(F)F)cccc3c2C1. The first-order valence-corrected chi connectivity index (χ1v) is 16.8. The third-order valence-electron chi connectivity index (χ3n) is 9.61. The van der Waals surface area contributed by atoms with E-state index >= 15 is 0 Å². The molecule has 1 aliphatic carbocycles. The number of urea groups is 1. The number of para-hydroxylation sites is 1. The second-order valence-electron chi connectivity index (χ2n) is 12.8. The molecular weight excluding hydrogens is 657 g/mol. The number of halogens is 3. The van der Waals surface area contributed by atoms with E-state index in [4.69, 9.17) is 22.7 Å². The van der Waals surface area contributed by atoms with Crippen LogP contribution >= 0.6 is 12.2 Å². The molecule has 0 radical (unpaired) electrons. The van der Waals surface area contributed by atoms with Gasteiger partial charge in [0.15, 0.2) is 0 Å². The molecule has 0 saturated heterocycles. The number of fused-ring (bicyclic) bond motifs is 3. The number of aromatic nitrogens is 1. The summed E-state index contributed by atoms with van der Waals surface area (Å²) in [7, 11) is 1.56. The summed E-state index contributed by atoms with van der Waals surface area (Å²) in [6.07, 6.45) is -3.25. The van der Waals surface area contributed by atoms with Crippen molar-refractivity contribution in [2.75, 3.05) is 7.11 Å². The van der Waals surface area contributed by atoms with E-state index in [0.717, 1.165) is 11.6 Å². The van der Waals surface area contributed by atoms with Crippen molar-refractivity contribution in [3.05, 3.63) is 64.8 Å². The van der Waals surface area contributed by atoms with Crippen molar-refractivity contribution < 1.29 is 32.3 Å². The number of rotatable bonds is 13. The van der Waals surface area contributed by atoms with E-state index in [-0.39, 0.29) is 48.1 Å². The van der Waals surface area contributed by atoms with Crippen LogP contribution in [0.1, 0.15) is 69.3 Å². The van der Waals surface area contributed by atoms with Gasteiger partial charge in [-0.2, -0.15) is 13.2 Å². The highest BCUT2D eigenvalue weighted by atomic mass is 32.1. The van der Waals surface area contributed by atoms with Gasteiger partial charge in [0.05, 0.1) is 29.2 Å². The number of benzene rings is 2. The molecule has 1 heterocycles. The first kappa shape index (κ1) is 37.5. The predicted molar refractivity (Wildman–Crippen MR) is 186 cm³/mol. The molecule has 5 atom stereocenters. The molecule has 1 aromatic heterocycles. The minimum absolute atomic E-state index is 0.0733. The number of H-pyrrole nitrogens is 1. The Morgan fingerprint density at radius 1 is 1.02 bits per heavy atom. The molecule has 0 fully saturated rings. The summed E-state index contributed by atoms with van der Waals surface area (Å²) >= 11 is 5.28. The Kier molecular flexibility index (Phi) is 11.8. The van der Waals surface area contributed by atoms with Crippen LogP contribution in [0.25, 0.3) is 10.9 Å². The van der Waals surface area contributed by atoms with Gasteiger partial charge in [-0.1, -0.05) is 77.0 Å². The number of hydrogen-bond acceptors (Lipinski definition) is 5. The summed E-state index contributed by atoms with van der Waals surface area (Å²) in [4.78, 5) is 44.6. The van der Waals surface area contributed by atoms with E-state index in [9.17, 15) is 27.6 Å². The van der Waals surface area contributed by atoms with Crippen molar-refractivity contribution in [1.82, 2.24) is 26.3 Å². The summed E-state index contributed by atoms with van der Waals surface area (Å²) in [6.45, 7) is 7.69. The molecule has 0 bridgehead atoms. The molecule has 1 aliphatic rings. The predicted octanol–water partition coefficient (Wildman–Crippen LogP) is 5.27. The first-order valence-electron chi connectivity index (χ1n) is 16.4. The number of nitrogens with one attached hydrogen (secondary N) is 5. The van der Waals surface area contributed by atoms with E-state index in [2.05, 4.69) is 26.3 Å². The van der Waals surface area contributed by atoms with Gasteiger partial charge in [0, 0.05) is 24.0 Å². The fourth-order valence-corrected chi connectivity index (χ4v) is 6.50. The second-order valence-corrected chi connectivity index (χ2v) is 13.3. The van der Waals surface area contributed by atoms with Crippen molar-refractivity contribution in [2.24, 2.45) is 17.6 Å². The number of thiocarbonyl (C=S) groups is 1. The fraction of sp³-hybridized carbons (Fsp3) is 0.486. The highest BCUT2D eigenvalue weighted by molar-refractivity contribution is 7.80. The van der Waals surface area contributed by atoms with Crippen LogP contribution in [0.5, 0.6) is 5.75 Å². The minimum atomic E-state index is -4.60. The van der Waals surface area contributed by atoms with Crippen LogP contribution in [0.3, 0.4) is 0 Å². The summed E-state index contributed by atoms with van der Waals surface area (Å²) in [6, 6.07) is 8.75. The summed E-state index contributed by atoms with van der Waals surface area (Å²) in [5, 5.41) is 11.7. The van der Waals surface area contributed by atoms with Crippen molar-refractivity contribution >= 4 is 46.0 Å². The number of nitrogens with two attached hydrogens (primary N) is 1. The van der Waals surface area contributed by atoms with Crippen LogP contribution < -0.4 is 31.7 Å². The molecule has 14 heteroatoms. The Balaban J connectivity index is 1.66. The first-order chi connectivity index (χ1) is 23.1. The molecular formula is C35H45F3N6O4S. The van der Waals surface area contributed by atoms with E-state index in [0.29, 0.717) is 35.2 Å². The van der Waals surface area contributed by atoms with Gasteiger partial charge in [-0.05, 0) is 54.0 Å². The molecule has 2 aromatic carbocycles. The normalized spacial score (nSPS) is 18.4. The van der Waals surface area contributed by atoms with Gasteiger partial charge >= 0.3 is 12.2 Å². The number of amides is 4. The molecule has 7 N–H and O–H groups in total. The van der Waals surface area contributed by atoms with Crippen LogP contribution in [0.4, 0.5) is 18.0 Å². The van der Waals surface area contributed by atoms with E-state index < -0.39 is 47.2 Å². The molecule has 0 spiro atoms.